The van der Waals surface area contributed by atoms with Crippen LogP contribution in [0.2, 0.25) is 0 Å². The Labute approximate surface area is 435 Å². The standard InChI is InChI=1S/C60H115NO10/c1-3-5-7-9-11-13-15-17-19-20-21-22-23-24-25-26-27-28-29-30-31-32-33-34-36-38-40-42-44-46-48-53(64)59(69)61-51(50-70-60-58(68)57(67)56(66)54(49-62)71-60)55(65)52(63)47-45-43-41-39-37-35-18-16-14-12-10-8-6-4-2/h21-22,24-25,51-58,60,62-68H,3-20,23,26-50H2,1-2H3,(H,61,69)/b22-21-,25-24-. The smallest absolute Gasteiger partial charge is 0.249 e. The summed E-state index contributed by atoms with van der Waals surface area (Å²) in [6.07, 6.45) is 48.1. The molecule has 0 spiro atoms. The monoisotopic (exact) mass is 1010 g/mol. The first-order valence-electron chi connectivity index (χ1n) is 30.2. The molecule has 0 radical (unpaired) electrons. The summed E-state index contributed by atoms with van der Waals surface area (Å²) < 4.78 is 11.1. The van der Waals surface area contributed by atoms with Gasteiger partial charge in [-0.2, -0.15) is 0 Å². The van der Waals surface area contributed by atoms with Crippen molar-refractivity contribution in [1.82, 2.24) is 5.32 Å². The topological polar surface area (TPSA) is 189 Å². The second kappa shape index (κ2) is 49.5. The number of aliphatic hydroxyl groups is 7. The van der Waals surface area contributed by atoms with Crippen LogP contribution in [0.5, 0.6) is 0 Å². The molecule has 71 heavy (non-hydrogen) atoms. The van der Waals surface area contributed by atoms with Gasteiger partial charge in [-0.05, 0) is 44.9 Å². The van der Waals surface area contributed by atoms with E-state index in [2.05, 4.69) is 43.5 Å². The van der Waals surface area contributed by atoms with E-state index in [1.54, 1.807) is 0 Å². The Kier molecular flexibility index (Phi) is 47.1. The van der Waals surface area contributed by atoms with Gasteiger partial charge in [0.2, 0.25) is 5.91 Å². The summed E-state index contributed by atoms with van der Waals surface area (Å²) in [4.78, 5) is 13.2. The third kappa shape index (κ3) is 37.9. The highest BCUT2D eigenvalue weighted by Crippen LogP contribution is 2.24. The van der Waals surface area contributed by atoms with Crippen molar-refractivity contribution in [3.8, 4) is 0 Å². The van der Waals surface area contributed by atoms with Crippen LogP contribution in [0.3, 0.4) is 0 Å². The van der Waals surface area contributed by atoms with Crippen LogP contribution in [-0.2, 0) is 14.3 Å². The van der Waals surface area contributed by atoms with Gasteiger partial charge in [0.15, 0.2) is 6.29 Å². The fourth-order valence-electron chi connectivity index (χ4n) is 9.83. The van der Waals surface area contributed by atoms with Crippen LogP contribution in [0, 0.1) is 0 Å². The molecule has 0 aromatic heterocycles. The van der Waals surface area contributed by atoms with Gasteiger partial charge in [0.1, 0.15) is 36.6 Å². The predicted octanol–water partition coefficient (Wildman–Crippen LogP) is 12.9. The second-order valence-corrected chi connectivity index (χ2v) is 21.4. The molecule has 9 unspecified atom stereocenters. The quantitative estimate of drug-likeness (QED) is 0.0215. The number of unbranched alkanes of at least 4 members (excludes halogenated alkanes) is 36. The Morgan fingerprint density at radius 1 is 0.493 bits per heavy atom. The average Bonchev–Trinajstić information content (AvgIpc) is 3.37. The SMILES string of the molecule is CCCCCCCCCCC/C=C\C/C=C\CCCCCCCCCCCCCCCCC(O)C(=O)NC(COC1OC(CO)C(O)C(O)C1O)C(O)C(O)CCCCCCCCCCCCCCCC. The Hall–Kier alpha value is -1.41. The number of carbonyl (C=O) groups is 1. The summed E-state index contributed by atoms with van der Waals surface area (Å²) in [5.41, 5.74) is 0. The zero-order valence-corrected chi connectivity index (χ0v) is 46.0. The fourth-order valence-corrected chi connectivity index (χ4v) is 9.83. The fraction of sp³-hybridized carbons (Fsp3) is 0.917. The van der Waals surface area contributed by atoms with Gasteiger partial charge < -0.3 is 50.5 Å². The van der Waals surface area contributed by atoms with Gasteiger partial charge in [-0.3, -0.25) is 4.79 Å². The number of hydrogen-bond acceptors (Lipinski definition) is 10. The average molecular weight is 1010 g/mol. The lowest BCUT2D eigenvalue weighted by Gasteiger charge is -2.40. The van der Waals surface area contributed by atoms with Crippen LogP contribution in [0.25, 0.3) is 0 Å². The second-order valence-electron chi connectivity index (χ2n) is 21.4. The summed E-state index contributed by atoms with van der Waals surface area (Å²) >= 11 is 0. The molecule has 9 atom stereocenters. The Morgan fingerprint density at radius 2 is 0.859 bits per heavy atom. The lowest BCUT2D eigenvalue weighted by Crippen LogP contribution is -2.60. The van der Waals surface area contributed by atoms with Gasteiger partial charge in [-0.15, -0.1) is 0 Å². The highest BCUT2D eigenvalue weighted by molar-refractivity contribution is 5.80. The van der Waals surface area contributed by atoms with Crippen molar-refractivity contribution in [2.24, 2.45) is 0 Å². The molecule has 1 amide bonds. The van der Waals surface area contributed by atoms with E-state index in [9.17, 15) is 40.5 Å². The molecule has 1 aliphatic heterocycles. The molecule has 0 saturated carbocycles. The summed E-state index contributed by atoms with van der Waals surface area (Å²) in [5, 5.41) is 76.1. The van der Waals surface area contributed by atoms with E-state index in [1.165, 1.54) is 199 Å². The minimum atomic E-state index is -1.66. The predicted molar refractivity (Wildman–Crippen MR) is 293 cm³/mol. The lowest BCUT2D eigenvalue weighted by atomic mass is 9.98. The molecule has 1 fully saturated rings. The van der Waals surface area contributed by atoms with Crippen LogP contribution in [0.15, 0.2) is 24.3 Å². The van der Waals surface area contributed by atoms with Gasteiger partial charge in [0, 0.05) is 0 Å². The largest absolute Gasteiger partial charge is 0.394 e. The third-order valence-electron chi connectivity index (χ3n) is 14.8. The maximum Gasteiger partial charge on any atom is 0.249 e. The van der Waals surface area contributed by atoms with E-state index in [1.807, 2.05) is 0 Å². The van der Waals surface area contributed by atoms with Gasteiger partial charge >= 0.3 is 0 Å². The van der Waals surface area contributed by atoms with E-state index < -0.39 is 74.2 Å². The molecule has 0 bridgehead atoms. The Bertz CT molecular complexity index is 1200. The minimum absolute atomic E-state index is 0.262. The molecule has 0 aliphatic carbocycles. The zero-order chi connectivity index (χ0) is 51.8. The van der Waals surface area contributed by atoms with E-state index in [4.69, 9.17) is 9.47 Å². The van der Waals surface area contributed by atoms with E-state index in [-0.39, 0.29) is 6.42 Å². The van der Waals surface area contributed by atoms with Crippen LogP contribution >= 0.6 is 0 Å². The van der Waals surface area contributed by atoms with Gasteiger partial charge in [0.25, 0.3) is 0 Å². The van der Waals surface area contributed by atoms with E-state index >= 15 is 0 Å². The van der Waals surface area contributed by atoms with Gasteiger partial charge in [-0.25, -0.2) is 0 Å². The van der Waals surface area contributed by atoms with Crippen LogP contribution in [-0.4, -0.2) is 110 Å². The molecule has 420 valence electrons. The number of amides is 1. The molecule has 8 N–H and O–H groups in total. The number of aliphatic hydroxyl groups excluding tert-OH is 7. The van der Waals surface area contributed by atoms with Crippen molar-refractivity contribution < 1.29 is 50.0 Å². The number of hydrogen-bond donors (Lipinski definition) is 8. The molecule has 1 rings (SSSR count). The third-order valence-corrected chi connectivity index (χ3v) is 14.8. The van der Waals surface area contributed by atoms with Crippen molar-refractivity contribution in [3.63, 3.8) is 0 Å². The normalized spacial score (nSPS) is 20.3. The Balaban J connectivity index is 2.22. The number of rotatable bonds is 52. The molecular formula is C60H115NO10. The molecule has 1 saturated heterocycles. The van der Waals surface area contributed by atoms with Crippen LogP contribution in [0.1, 0.15) is 284 Å². The van der Waals surface area contributed by atoms with Crippen molar-refractivity contribution >= 4 is 5.91 Å². The summed E-state index contributed by atoms with van der Waals surface area (Å²) in [7, 11) is 0. The zero-order valence-electron chi connectivity index (χ0n) is 46.0. The number of ether oxygens (including phenoxy) is 2. The van der Waals surface area contributed by atoms with Crippen molar-refractivity contribution in [2.45, 2.75) is 339 Å². The number of carbonyl (C=O) groups excluding carboxylic acids is 1. The molecular weight excluding hydrogens is 895 g/mol. The van der Waals surface area contributed by atoms with E-state index in [0.29, 0.717) is 19.3 Å². The molecule has 0 aromatic rings. The molecule has 1 aliphatic rings. The maximum absolute atomic E-state index is 13.2. The summed E-state index contributed by atoms with van der Waals surface area (Å²) in [6, 6.07) is -1.17. The minimum Gasteiger partial charge on any atom is -0.394 e. The highest BCUT2D eigenvalue weighted by Gasteiger charge is 2.44. The molecule has 11 nitrogen and oxygen atoms in total. The molecule has 1 heterocycles. The van der Waals surface area contributed by atoms with Crippen molar-refractivity contribution in [1.29, 1.82) is 0 Å². The van der Waals surface area contributed by atoms with Gasteiger partial charge in [0.05, 0.1) is 25.4 Å². The molecule has 11 heteroatoms. The van der Waals surface area contributed by atoms with E-state index in [0.717, 1.165) is 44.9 Å². The summed E-state index contributed by atoms with van der Waals surface area (Å²) in [6.45, 7) is 3.47. The number of nitrogens with one attached hydrogen (secondary N) is 1. The van der Waals surface area contributed by atoms with Crippen LogP contribution in [0.4, 0.5) is 0 Å². The lowest BCUT2D eigenvalue weighted by molar-refractivity contribution is -0.303. The van der Waals surface area contributed by atoms with Gasteiger partial charge in [-0.1, -0.05) is 263 Å². The first-order valence-corrected chi connectivity index (χ1v) is 30.2. The van der Waals surface area contributed by atoms with Crippen molar-refractivity contribution in [3.05, 3.63) is 24.3 Å². The molecule has 0 aromatic carbocycles. The first-order chi connectivity index (χ1) is 34.7. The first kappa shape index (κ1) is 67.6. The Morgan fingerprint density at radius 3 is 1.25 bits per heavy atom. The maximum atomic E-state index is 13.2. The van der Waals surface area contributed by atoms with Crippen molar-refractivity contribution in [2.75, 3.05) is 13.2 Å². The highest BCUT2D eigenvalue weighted by atomic mass is 16.7. The van der Waals surface area contributed by atoms with Crippen LogP contribution < -0.4 is 5.32 Å². The number of allylic oxidation sites excluding steroid dienone is 4. The summed E-state index contributed by atoms with van der Waals surface area (Å²) in [5.74, 6) is -0.694.